The van der Waals surface area contributed by atoms with Gasteiger partial charge in [0.25, 0.3) is 0 Å². The number of anilines is 1. The van der Waals surface area contributed by atoms with E-state index >= 15 is 0 Å². The third-order valence-electron chi connectivity index (χ3n) is 4.71. The van der Waals surface area contributed by atoms with Crippen molar-refractivity contribution in [1.29, 1.82) is 5.26 Å². The Labute approximate surface area is 143 Å². The third-order valence-corrected chi connectivity index (χ3v) is 4.71. The molecule has 0 aliphatic carbocycles. The van der Waals surface area contributed by atoms with Crippen molar-refractivity contribution in [1.82, 2.24) is 15.5 Å². The summed E-state index contributed by atoms with van der Waals surface area (Å²) < 4.78 is 0. The lowest BCUT2D eigenvalue weighted by Crippen LogP contribution is -2.46. The molecule has 1 saturated heterocycles. The van der Waals surface area contributed by atoms with Crippen molar-refractivity contribution in [2.75, 3.05) is 18.0 Å². The minimum absolute atomic E-state index is 0.397. The molecule has 0 amide bonds. The number of aryl methyl sites for hydroxylation is 1. The Morgan fingerprint density at radius 2 is 2.04 bits per heavy atom. The maximum Gasteiger partial charge on any atom is 0.169 e. The Kier molecular flexibility index (Phi) is 5.07. The Hall–Kier alpha value is -2.45. The van der Waals surface area contributed by atoms with Gasteiger partial charge in [0.1, 0.15) is 11.6 Å². The summed E-state index contributed by atoms with van der Waals surface area (Å²) in [5, 5.41) is 21.7. The average Bonchev–Trinajstić information content (AvgIpc) is 2.63. The summed E-state index contributed by atoms with van der Waals surface area (Å²) in [4.78, 5) is 2.20. The lowest BCUT2D eigenvalue weighted by molar-refractivity contribution is 0.419. The first kappa shape index (κ1) is 16.4. The summed E-state index contributed by atoms with van der Waals surface area (Å²) in [6, 6.07) is 13.1. The molecule has 1 aromatic carbocycles. The molecule has 0 radical (unpaired) electrons. The first-order valence-electron chi connectivity index (χ1n) is 8.45. The number of piperidine rings is 1. The quantitative estimate of drug-likeness (QED) is 0.938. The van der Waals surface area contributed by atoms with Crippen LogP contribution in [0.4, 0.5) is 5.82 Å². The van der Waals surface area contributed by atoms with E-state index in [0.29, 0.717) is 11.6 Å². The van der Waals surface area contributed by atoms with Gasteiger partial charge in [-0.25, -0.2) is 0 Å². The maximum absolute atomic E-state index is 9.51. The highest BCUT2D eigenvalue weighted by Crippen LogP contribution is 2.24. The molecule has 0 saturated carbocycles. The van der Waals surface area contributed by atoms with Crippen LogP contribution in [0.25, 0.3) is 0 Å². The van der Waals surface area contributed by atoms with Crippen LogP contribution in [0.1, 0.15) is 35.2 Å². The summed E-state index contributed by atoms with van der Waals surface area (Å²) >= 11 is 0. The minimum atomic E-state index is 0.397. The predicted molar refractivity (Wildman–Crippen MR) is 94.7 cm³/mol. The van der Waals surface area contributed by atoms with Crippen molar-refractivity contribution >= 4 is 5.82 Å². The number of aromatic nitrogens is 2. The molecule has 5 nitrogen and oxygen atoms in total. The molecule has 1 atom stereocenters. The van der Waals surface area contributed by atoms with Gasteiger partial charge in [-0.2, -0.15) is 10.4 Å². The Morgan fingerprint density at radius 3 is 2.79 bits per heavy atom. The molecule has 5 heteroatoms. The number of benzene rings is 1. The van der Waals surface area contributed by atoms with Crippen LogP contribution in [0.2, 0.25) is 0 Å². The van der Waals surface area contributed by atoms with Crippen LogP contribution in [0, 0.1) is 25.2 Å². The van der Waals surface area contributed by atoms with E-state index in [2.05, 4.69) is 50.7 Å². The van der Waals surface area contributed by atoms with Crippen LogP contribution in [0.3, 0.4) is 0 Å². The summed E-state index contributed by atoms with van der Waals surface area (Å²) in [5.74, 6) is 0.729. The molecule has 1 aromatic heterocycles. The predicted octanol–water partition coefficient (Wildman–Crippen LogP) is 2.72. The molecule has 1 unspecified atom stereocenters. The molecule has 3 rings (SSSR count). The smallest absolute Gasteiger partial charge is 0.169 e. The van der Waals surface area contributed by atoms with Crippen molar-refractivity contribution in [3.8, 4) is 6.07 Å². The fourth-order valence-electron chi connectivity index (χ4n) is 3.15. The minimum Gasteiger partial charge on any atom is -0.352 e. The van der Waals surface area contributed by atoms with Gasteiger partial charge in [0, 0.05) is 25.7 Å². The molecule has 2 aromatic rings. The Bertz CT molecular complexity index is 735. The van der Waals surface area contributed by atoms with Gasteiger partial charge >= 0.3 is 0 Å². The molecule has 124 valence electrons. The van der Waals surface area contributed by atoms with Gasteiger partial charge in [0.2, 0.25) is 0 Å². The molecular formula is C19H23N5. The van der Waals surface area contributed by atoms with Crippen LogP contribution in [-0.4, -0.2) is 29.3 Å². The second-order valence-corrected chi connectivity index (χ2v) is 6.37. The molecular weight excluding hydrogens is 298 g/mol. The highest BCUT2D eigenvalue weighted by atomic mass is 15.3. The number of nitrogens with zero attached hydrogens (tertiary/aromatic N) is 4. The zero-order valence-electron chi connectivity index (χ0n) is 14.3. The van der Waals surface area contributed by atoms with Gasteiger partial charge in [0.05, 0.1) is 5.69 Å². The van der Waals surface area contributed by atoms with Gasteiger partial charge in [-0.3, -0.25) is 0 Å². The number of rotatable bonds is 4. The normalized spacial score (nSPS) is 17.5. The Balaban J connectivity index is 1.70. The first-order valence-corrected chi connectivity index (χ1v) is 8.45. The summed E-state index contributed by atoms with van der Waals surface area (Å²) in [6.07, 6.45) is 2.23. The topological polar surface area (TPSA) is 64.8 Å². The molecule has 24 heavy (non-hydrogen) atoms. The fraction of sp³-hybridized carbons (Fsp3) is 0.421. The highest BCUT2D eigenvalue weighted by Gasteiger charge is 2.24. The Morgan fingerprint density at radius 1 is 1.25 bits per heavy atom. The van der Waals surface area contributed by atoms with Crippen LogP contribution < -0.4 is 10.2 Å². The first-order chi connectivity index (χ1) is 11.7. The van der Waals surface area contributed by atoms with E-state index in [-0.39, 0.29) is 0 Å². The average molecular weight is 321 g/mol. The SMILES string of the molecule is Cc1nnc(N2CCCC(NCc3ccccc3)C2)c(C#N)c1C. The number of hydrogen-bond acceptors (Lipinski definition) is 5. The summed E-state index contributed by atoms with van der Waals surface area (Å²) in [5.41, 5.74) is 3.71. The highest BCUT2D eigenvalue weighted by molar-refractivity contribution is 5.57. The van der Waals surface area contributed by atoms with E-state index in [4.69, 9.17) is 0 Å². The fourth-order valence-corrected chi connectivity index (χ4v) is 3.15. The molecule has 1 fully saturated rings. The van der Waals surface area contributed by atoms with Crippen LogP contribution in [0.5, 0.6) is 0 Å². The molecule has 1 aliphatic rings. The van der Waals surface area contributed by atoms with Crippen molar-refractivity contribution < 1.29 is 0 Å². The van der Waals surface area contributed by atoms with Gasteiger partial charge in [0.15, 0.2) is 5.82 Å². The van der Waals surface area contributed by atoms with Gasteiger partial charge in [-0.1, -0.05) is 30.3 Å². The van der Waals surface area contributed by atoms with E-state index in [1.807, 2.05) is 19.9 Å². The number of nitrogens with one attached hydrogen (secondary N) is 1. The van der Waals surface area contributed by atoms with Crippen LogP contribution >= 0.6 is 0 Å². The second-order valence-electron chi connectivity index (χ2n) is 6.37. The third kappa shape index (κ3) is 3.55. The lowest BCUT2D eigenvalue weighted by Gasteiger charge is -2.34. The van der Waals surface area contributed by atoms with Crippen molar-refractivity contribution in [2.45, 2.75) is 39.3 Å². The summed E-state index contributed by atoms with van der Waals surface area (Å²) in [7, 11) is 0. The largest absolute Gasteiger partial charge is 0.352 e. The zero-order valence-corrected chi connectivity index (χ0v) is 14.3. The lowest BCUT2D eigenvalue weighted by atomic mass is 10.0. The molecule has 1 aliphatic heterocycles. The van der Waals surface area contributed by atoms with Gasteiger partial charge < -0.3 is 10.2 Å². The van der Waals surface area contributed by atoms with E-state index < -0.39 is 0 Å². The molecule has 0 bridgehead atoms. The van der Waals surface area contributed by atoms with Crippen LogP contribution in [-0.2, 0) is 6.54 Å². The zero-order chi connectivity index (χ0) is 16.9. The van der Waals surface area contributed by atoms with Crippen molar-refractivity contribution in [2.24, 2.45) is 0 Å². The van der Waals surface area contributed by atoms with E-state index in [1.54, 1.807) is 0 Å². The maximum atomic E-state index is 9.51. The van der Waals surface area contributed by atoms with Crippen LogP contribution in [0.15, 0.2) is 30.3 Å². The number of hydrogen-bond donors (Lipinski definition) is 1. The van der Waals surface area contributed by atoms with Gasteiger partial charge in [-0.15, -0.1) is 5.10 Å². The van der Waals surface area contributed by atoms with E-state index in [1.165, 1.54) is 5.56 Å². The van der Waals surface area contributed by atoms with Gasteiger partial charge in [-0.05, 0) is 37.8 Å². The van der Waals surface area contributed by atoms with Crippen molar-refractivity contribution in [3.05, 3.63) is 52.7 Å². The van der Waals surface area contributed by atoms with E-state index in [0.717, 1.165) is 49.6 Å². The molecule has 2 heterocycles. The molecule has 0 spiro atoms. The second kappa shape index (κ2) is 7.41. The number of nitriles is 1. The molecule has 1 N–H and O–H groups in total. The summed E-state index contributed by atoms with van der Waals surface area (Å²) in [6.45, 7) is 6.49. The van der Waals surface area contributed by atoms with E-state index in [9.17, 15) is 5.26 Å². The standard InChI is InChI=1S/C19H23N5/c1-14-15(2)22-23-19(18(14)11-20)24-10-6-9-17(13-24)21-12-16-7-4-3-5-8-16/h3-5,7-8,17,21H,6,9-10,12-13H2,1-2H3. The monoisotopic (exact) mass is 321 g/mol. The van der Waals surface area contributed by atoms with Crippen molar-refractivity contribution in [3.63, 3.8) is 0 Å².